The lowest BCUT2D eigenvalue weighted by Crippen LogP contribution is -2.44. The summed E-state index contributed by atoms with van der Waals surface area (Å²) in [5, 5.41) is 7.27. The number of pyridine rings is 1. The summed E-state index contributed by atoms with van der Waals surface area (Å²) in [6.45, 7) is 3.16. The lowest BCUT2D eigenvalue weighted by Gasteiger charge is -2.39. The number of likely N-dealkylation sites (tertiary alicyclic amines) is 2. The quantitative estimate of drug-likeness (QED) is 0.328. The van der Waals surface area contributed by atoms with Crippen molar-refractivity contribution in [1.29, 1.82) is 0 Å². The maximum absolute atomic E-state index is 13.1. The molecule has 4 fully saturated rings. The molecule has 0 bridgehead atoms. The van der Waals surface area contributed by atoms with Crippen molar-refractivity contribution in [3.05, 3.63) is 23.9 Å². The Morgan fingerprint density at radius 3 is 2.71 bits per heavy atom. The van der Waals surface area contributed by atoms with Gasteiger partial charge in [-0.05, 0) is 55.9 Å². The number of piperidine rings is 1. The van der Waals surface area contributed by atoms with E-state index in [0.717, 1.165) is 75.5 Å². The van der Waals surface area contributed by atoms with Crippen molar-refractivity contribution >= 4 is 41.4 Å². The number of aromatic nitrogens is 1. The third kappa shape index (κ3) is 5.28. The van der Waals surface area contributed by atoms with Crippen LogP contribution in [0.2, 0.25) is 0 Å². The Morgan fingerprint density at radius 2 is 1.94 bits per heavy atom. The predicted molar refractivity (Wildman–Crippen MR) is 139 cm³/mol. The fraction of sp³-hybridized carbons (Fsp3) is 0.680. The van der Waals surface area contributed by atoms with Crippen molar-refractivity contribution in [2.75, 3.05) is 38.2 Å². The van der Waals surface area contributed by atoms with Gasteiger partial charge in [-0.25, -0.2) is 9.78 Å². The molecule has 0 radical (unpaired) electrons. The monoisotopic (exact) mass is 517 g/mol. The maximum atomic E-state index is 13.1. The molecule has 0 unspecified atom stereocenters. The molecule has 1 aromatic rings. The molecule has 5 heterocycles. The smallest absolute Gasteiger partial charge is 0.315 e. The molecular weight excluding hydrogens is 482 g/mol. The minimum absolute atomic E-state index is 0.0413. The molecule has 0 saturated carbocycles. The van der Waals surface area contributed by atoms with Crippen LogP contribution in [0.1, 0.15) is 55.3 Å². The van der Waals surface area contributed by atoms with Crippen molar-refractivity contribution in [2.45, 2.75) is 67.3 Å². The number of unbranched alkanes of at least 4 members (excludes halogenated alkanes) is 1. The van der Waals surface area contributed by atoms with Crippen LogP contribution in [-0.4, -0.2) is 88.2 Å². The lowest BCUT2D eigenvalue weighted by atomic mass is 9.77. The van der Waals surface area contributed by atoms with Gasteiger partial charge in [0.1, 0.15) is 5.03 Å². The molecule has 5 rings (SSSR count). The van der Waals surface area contributed by atoms with E-state index in [1.165, 1.54) is 11.8 Å². The third-order valence-corrected chi connectivity index (χ3v) is 10.4. The van der Waals surface area contributed by atoms with Gasteiger partial charge in [0.25, 0.3) is 5.91 Å². The van der Waals surface area contributed by atoms with Gasteiger partial charge in [-0.3, -0.25) is 9.59 Å². The first-order chi connectivity index (χ1) is 17.0. The summed E-state index contributed by atoms with van der Waals surface area (Å²) in [7, 11) is 0. The van der Waals surface area contributed by atoms with Crippen molar-refractivity contribution in [3.63, 3.8) is 0 Å². The highest BCUT2D eigenvalue weighted by atomic mass is 32.2. The number of nitrogens with zero attached hydrogens (tertiary/aromatic N) is 3. The van der Waals surface area contributed by atoms with E-state index in [0.29, 0.717) is 17.2 Å². The van der Waals surface area contributed by atoms with E-state index in [1.807, 2.05) is 35.1 Å². The van der Waals surface area contributed by atoms with Crippen molar-refractivity contribution < 1.29 is 14.4 Å². The van der Waals surface area contributed by atoms with Crippen LogP contribution in [-0.2, 0) is 4.79 Å². The summed E-state index contributed by atoms with van der Waals surface area (Å²) in [6.07, 6.45) is 10.2. The summed E-state index contributed by atoms with van der Waals surface area (Å²) in [5.41, 5.74) is 0.852. The Morgan fingerprint density at radius 1 is 1.17 bits per heavy atom. The number of carbonyl (C=O) groups excluding carboxylic acids is 3. The number of hydrogen-bond donors (Lipinski definition) is 2. The van der Waals surface area contributed by atoms with Gasteiger partial charge in [0.2, 0.25) is 5.91 Å². The van der Waals surface area contributed by atoms with Crippen LogP contribution >= 0.6 is 23.5 Å². The zero-order chi connectivity index (χ0) is 24.4. The van der Waals surface area contributed by atoms with Gasteiger partial charge in [-0.15, -0.1) is 11.8 Å². The fourth-order valence-corrected chi connectivity index (χ4v) is 8.13. The van der Waals surface area contributed by atoms with Crippen molar-refractivity contribution in [3.8, 4) is 0 Å². The van der Waals surface area contributed by atoms with Crippen molar-refractivity contribution in [2.24, 2.45) is 5.41 Å². The van der Waals surface area contributed by atoms with Gasteiger partial charge in [0.05, 0.1) is 17.6 Å². The zero-order valence-electron chi connectivity index (χ0n) is 20.3. The second kappa shape index (κ2) is 10.6. The number of amides is 4. The van der Waals surface area contributed by atoms with Crippen LogP contribution in [0.5, 0.6) is 0 Å². The molecule has 4 saturated heterocycles. The molecule has 0 aromatic carbocycles. The average molecular weight is 518 g/mol. The van der Waals surface area contributed by atoms with Crippen LogP contribution in [0.25, 0.3) is 0 Å². The fourth-order valence-electron chi connectivity index (χ4n) is 6.05. The Labute approximate surface area is 215 Å². The summed E-state index contributed by atoms with van der Waals surface area (Å²) in [6, 6.07) is 4.15. The van der Waals surface area contributed by atoms with E-state index in [-0.39, 0.29) is 35.3 Å². The molecule has 4 aliphatic rings. The Hall–Kier alpha value is -1.94. The Balaban J connectivity index is 1.04. The molecule has 190 valence electrons. The van der Waals surface area contributed by atoms with Crippen LogP contribution in [0.3, 0.4) is 0 Å². The number of carbonyl (C=O) groups is 3. The molecule has 0 aliphatic carbocycles. The summed E-state index contributed by atoms with van der Waals surface area (Å²) >= 11 is 3.44. The first kappa shape index (κ1) is 24.7. The van der Waals surface area contributed by atoms with Crippen molar-refractivity contribution in [1.82, 2.24) is 25.4 Å². The first-order valence-corrected chi connectivity index (χ1v) is 15.0. The highest BCUT2D eigenvalue weighted by Crippen LogP contribution is 2.41. The van der Waals surface area contributed by atoms with Gasteiger partial charge in [0, 0.05) is 49.8 Å². The number of urea groups is 1. The number of nitrogens with one attached hydrogen (secondary N) is 2. The maximum Gasteiger partial charge on any atom is 0.315 e. The molecular formula is C25H35N5O3S2. The third-order valence-electron chi connectivity index (χ3n) is 8.16. The number of rotatable bonds is 7. The minimum Gasteiger partial charge on any atom is -0.342 e. The van der Waals surface area contributed by atoms with Gasteiger partial charge in [-0.2, -0.15) is 11.8 Å². The van der Waals surface area contributed by atoms with Gasteiger partial charge >= 0.3 is 6.03 Å². The molecule has 2 N–H and O–H groups in total. The SMILES string of the molecule is CSc1ncccc1C(=O)N1CCC2(CCN(C(=O)CCCC[C@@H]3SC[C@@H]4NC(=O)N[C@@H]43)C2)CC1. The standard InChI is InChI=1S/C25H35N5O3S2/c1-34-22-17(5-4-11-26-22)23(32)29-12-8-25(9-13-29)10-14-30(16-25)20(31)7-3-2-6-19-21-18(15-35-19)27-24(33)28-21/h4-5,11,18-19,21H,2-3,6-10,12-16H2,1H3,(H2,27,28,33)/t18-,19-,21-/m0/s1. The average Bonchev–Trinajstić information content (AvgIpc) is 3.56. The molecule has 10 heteroatoms. The Kier molecular flexibility index (Phi) is 7.48. The number of fused-ring (bicyclic) bond motifs is 1. The predicted octanol–water partition coefficient (Wildman–Crippen LogP) is 2.98. The van der Waals surface area contributed by atoms with E-state index in [9.17, 15) is 14.4 Å². The summed E-state index contributed by atoms with van der Waals surface area (Å²) in [4.78, 5) is 45.8. The summed E-state index contributed by atoms with van der Waals surface area (Å²) in [5.74, 6) is 1.32. The highest BCUT2D eigenvalue weighted by molar-refractivity contribution is 8.00. The molecule has 1 spiro atoms. The van der Waals surface area contributed by atoms with Crippen LogP contribution in [0.4, 0.5) is 4.79 Å². The molecule has 4 aliphatic heterocycles. The molecule has 1 aromatic heterocycles. The highest BCUT2D eigenvalue weighted by Gasteiger charge is 2.44. The number of hydrogen-bond acceptors (Lipinski definition) is 6. The first-order valence-electron chi connectivity index (χ1n) is 12.7. The largest absolute Gasteiger partial charge is 0.342 e. The molecule has 8 nitrogen and oxygen atoms in total. The molecule has 35 heavy (non-hydrogen) atoms. The van der Waals surface area contributed by atoms with Gasteiger partial charge < -0.3 is 20.4 Å². The van der Waals surface area contributed by atoms with Crippen LogP contribution in [0.15, 0.2) is 23.4 Å². The van der Waals surface area contributed by atoms with E-state index in [1.54, 1.807) is 6.20 Å². The zero-order valence-corrected chi connectivity index (χ0v) is 22.0. The second-order valence-corrected chi connectivity index (χ2v) is 12.4. The second-order valence-electron chi connectivity index (χ2n) is 10.3. The molecule has 4 amide bonds. The number of thioether (sulfide) groups is 2. The van der Waals surface area contributed by atoms with E-state index in [2.05, 4.69) is 20.5 Å². The normalized spacial score (nSPS) is 27.1. The van der Waals surface area contributed by atoms with E-state index >= 15 is 0 Å². The van der Waals surface area contributed by atoms with Gasteiger partial charge in [-0.1, -0.05) is 6.42 Å². The lowest BCUT2D eigenvalue weighted by molar-refractivity contribution is -0.130. The summed E-state index contributed by atoms with van der Waals surface area (Å²) < 4.78 is 0. The van der Waals surface area contributed by atoms with Crippen LogP contribution in [0, 0.1) is 5.41 Å². The molecule has 3 atom stereocenters. The van der Waals surface area contributed by atoms with Crippen LogP contribution < -0.4 is 10.6 Å². The van der Waals surface area contributed by atoms with E-state index in [4.69, 9.17) is 0 Å². The Bertz CT molecular complexity index is 968. The van der Waals surface area contributed by atoms with E-state index < -0.39 is 0 Å². The minimum atomic E-state index is -0.0413. The van der Waals surface area contributed by atoms with Gasteiger partial charge in [0.15, 0.2) is 0 Å². The topological polar surface area (TPSA) is 94.6 Å².